The van der Waals surface area contributed by atoms with Crippen LogP contribution in [0.15, 0.2) is 60.7 Å². The molecule has 1 aliphatic rings. The lowest BCUT2D eigenvalue weighted by Gasteiger charge is -2.26. The van der Waals surface area contributed by atoms with E-state index in [9.17, 15) is 9.59 Å². The molecule has 0 bridgehead atoms. The molecule has 3 rings (SSSR count). The molecule has 3 heteroatoms. The number of hydrogen-bond acceptors (Lipinski definition) is 2. The molecule has 0 unspecified atom stereocenters. The van der Waals surface area contributed by atoms with Crippen LogP contribution in [0.2, 0.25) is 0 Å². The zero-order valence-corrected chi connectivity index (χ0v) is 15.7. The van der Waals surface area contributed by atoms with E-state index >= 15 is 0 Å². The molecule has 0 aromatic heterocycles. The maximum atomic E-state index is 12.6. The molecule has 134 valence electrons. The maximum Gasteiger partial charge on any atom is 0.295 e. The molecule has 0 N–H and O–H groups in total. The summed E-state index contributed by atoms with van der Waals surface area (Å²) in [4.78, 5) is 26.7. The summed E-state index contributed by atoms with van der Waals surface area (Å²) in [6.07, 6.45) is 2.82. The van der Waals surface area contributed by atoms with Crippen LogP contribution in [-0.4, -0.2) is 29.7 Å². The Morgan fingerprint density at radius 1 is 0.923 bits per heavy atom. The van der Waals surface area contributed by atoms with E-state index in [2.05, 4.69) is 32.9 Å². The van der Waals surface area contributed by atoms with Crippen LogP contribution in [0.1, 0.15) is 48.7 Å². The van der Waals surface area contributed by atoms with Crippen LogP contribution in [0.25, 0.3) is 5.57 Å². The molecule has 2 aromatic carbocycles. The average Bonchev–Trinajstić information content (AvgIpc) is 2.67. The Bertz CT molecular complexity index is 827. The fourth-order valence-corrected chi connectivity index (χ4v) is 3.16. The molecule has 0 fully saturated rings. The lowest BCUT2D eigenvalue weighted by Crippen LogP contribution is -2.39. The molecule has 0 saturated carbocycles. The second-order valence-corrected chi connectivity index (χ2v) is 7.75. The third-order valence-corrected chi connectivity index (χ3v) is 4.85. The SMILES string of the molecule is CC(C)(C)c1ccc(C(=O)C(=O)N2CC=C(c3ccccc3)CC2)cc1. The monoisotopic (exact) mass is 347 g/mol. The van der Waals surface area contributed by atoms with Gasteiger partial charge in [-0.2, -0.15) is 0 Å². The van der Waals surface area contributed by atoms with E-state index in [1.165, 1.54) is 11.1 Å². The minimum atomic E-state index is -0.429. The quantitative estimate of drug-likeness (QED) is 0.606. The highest BCUT2D eigenvalue weighted by Crippen LogP contribution is 2.24. The van der Waals surface area contributed by atoms with Gasteiger partial charge < -0.3 is 4.90 Å². The lowest BCUT2D eigenvalue weighted by molar-refractivity contribution is -0.126. The summed E-state index contributed by atoms with van der Waals surface area (Å²) in [5.41, 5.74) is 4.05. The number of carbonyl (C=O) groups excluding carboxylic acids is 2. The number of carbonyl (C=O) groups is 2. The Labute approximate surface area is 155 Å². The Morgan fingerprint density at radius 2 is 1.58 bits per heavy atom. The van der Waals surface area contributed by atoms with Gasteiger partial charge in [-0.15, -0.1) is 0 Å². The summed E-state index contributed by atoms with van der Waals surface area (Å²) in [5.74, 6) is -0.848. The van der Waals surface area contributed by atoms with Crippen molar-refractivity contribution in [2.24, 2.45) is 0 Å². The average molecular weight is 347 g/mol. The minimum absolute atomic E-state index is 0.0249. The van der Waals surface area contributed by atoms with Gasteiger partial charge in [0.25, 0.3) is 5.91 Å². The predicted octanol–water partition coefficient (Wildman–Crippen LogP) is 4.48. The van der Waals surface area contributed by atoms with Gasteiger partial charge in [-0.05, 0) is 28.5 Å². The van der Waals surface area contributed by atoms with Crippen molar-refractivity contribution < 1.29 is 9.59 Å². The lowest BCUT2D eigenvalue weighted by atomic mass is 9.86. The number of benzene rings is 2. The van der Waals surface area contributed by atoms with Crippen molar-refractivity contribution in [2.75, 3.05) is 13.1 Å². The Hall–Kier alpha value is -2.68. The smallest absolute Gasteiger partial charge is 0.295 e. The highest BCUT2D eigenvalue weighted by Gasteiger charge is 2.25. The fraction of sp³-hybridized carbons (Fsp3) is 0.304. The zero-order valence-electron chi connectivity index (χ0n) is 15.7. The van der Waals surface area contributed by atoms with E-state index in [1.54, 1.807) is 17.0 Å². The minimum Gasteiger partial charge on any atom is -0.332 e. The first kappa shape index (κ1) is 18.1. The van der Waals surface area contributed by atoms with Crippen LogP contribution >= 0.6 is 0 Å². The second-order valence-electron chi connectivity index (χ2n) is 7.75. The summed E-state index contributed by atoms with van der Waals surface area (Å²) in [5, 5.41) is 0. The summed E-state index contributed by atoms with van der Waals surface area (Å²) < 4.78 is 0. The molecular weight excluding hydrogens is 322 g/mol. The van der Waals surface area contributed by atoms with Gasteiger partial charge in [0.1, 0.15) is 0 Å². The maximum absolute atomic E-state index is 12.6. The van der Waals surface area contributed by atoms with E-state index in [1.807, 2.05) is 36.4 Å². The number of amides is 1. The molecule has 0 saturated heterocycles. The van der Waals surface area contributed by atoms with Crippen molar-refractivity contribution in [1.29, 1.82) is 0 Å². The zero-order chi connectivity index (χ0) is 18.7. The van der Waals surface area contributed by atoms with Gasteiger partial charge in [0.2, 0.25) is 5.78 Å². The first-order chi connectivity index (χ1) is 12.4. The second kappa shape index (κ2) is 7.28. The van der Waals surface area contributed by atoms with Crippen LogP contribution in [-0.2, 0) is 10.2 Å². The normalized spacial score (nSPS) is 14.7. The summed E-state index contributed by atoms with van der Waals surface area (Å²) in [7, 11) is 0. The Kier molecular flexibility index (Phi) is 5.08. The Balaban J connectivity index is 1.68. The Morgan fingerprint density at radius 3 is 2.12 bits per heavy atom. The molecular formula is C23H25NO2. The van der Waals surface area contributed by atoms with Gasteiger partial charge in [-0.3, -0.25) is 9.59 Å². The van der Waals surface area contributed by atoms with Crippen LogP contribution in [0.5, 0.6) is 0 Å². The van der Waals surface area contributed by atoms with Gasteiger partial charge in [-0.25, -0.2) is 0 Å². The third kappa shape index (κ3) is 3.93. The first-order valence-corrected chi connectivity index (χ1v) is 9.05. The predicted molar refractivity (Wildman–Crippen MR) is 105 cm³/mol. The number of hydrogen-bond donors (Lipinski definition) is 0. The van der Waals surface area contributed by atoms with Crippen molar-refractivity contribution >= 4 is 17.3 Å². The van der Waals surface area contributed by atoms with E-state index < -0.39 is 11.7 Å². The van der Waals surface area contributed by atoms with E-state index in [0.29, 0.717) is 18.7 Å². The van der Waals surface area contributed by atoms with Crippen molar-refractivity contribution in [3.63, 3.8) is 0 Å². The fourth-order valence-electron chi connectivity index (χ4n) is 3.16. The van der Waals surface area contributed by atoms with E-state index in [0.717, 1.165) is 12.0 Å². The topological polar surface area (TPSA) is 37.4 Å². The molecule has 3 nitrogen and oxygen atoms in total. The highest BCUT2D eigenvalue weighted by molar-refractivity contribution is 6.42. The molecule has 26 heavy (non-hydrogen) atoms. The highest BCUT2D eigenvalue weighted by atomic mass is 16.2. The molecule has 1 aliphatic heterocycles. The molecule has 2 aromatic rings. The number of rotatable bonds is 3. The van der Waals surface area contributed by atoms with Gasteiger partial charge >= 0.3 is 0 Å². The summed E-state index contributed by atoms with van der Waals surface area (Å²) >= 11 is 0. The van der Waals surface area contributed by atoms with Crippen molar-refractivity contribution in [2.45, 2.75) is 32.6 Å². The third-order valence-electron chi connectivity index (χ3n) is 4.85. The van der Waals surface area contributed by atoms with Crippen LogP contribution in [0.3, 0.4) is 0 Å². The van der Waals surface area contributed by atoms with Gasteiger partial charge in [0, 0.05) is 18.7 Å². The van der Waals surface area contributed by atoms with Crippen molar-refractivity contribution in [3.8, 4) is 0 Å². The van der Waals surface area contributed by atoms with Gasteiger partial charge in [-0.1, -0.05) is 81.4 Å². The van der Waals surface area contributed by atoms with Crippen molar-refractivity contribution in [3.05, 3.63) is 77.4 Å². The van der Waals surface area contributed by atoms with Crippen LogP contribution < -0.4 is 0 Å². The van der Waals surface area contributed by atoms with E-state index in [4.69, 9.17) is 0 Å². The van der Waals surface area contributed by atoms with Crippen molar-refractivity contribution in [1.82, 2.24) is 4.90 Å². The molecule has 0 aliphatic carbocycles. The van der Waals surface area contributed by atoms with Gasteiger partial charge in [0.05, 0.1) is 0 Å². The molecule has 1 heterocycles. The van der Waals surface area contributed by atoms with Crippen LogP contribution in [0, 0.1) is 0 Å². The molecule has 1 amide bonds. The van der Waals surface area contributed by atoms with E-state index in [-0.39, 0.29) is 5.41 Å². The summed E-state index contributed by atoms with van der Waals surface area (Å²) in [6, 6.07) is 17.6. The largest absolute Gasteiger partial charge is 0.332 e. The first-order valence-electron chi connectivity index (χ1n) is 9.05. The number of Topliss-reactive ketones (excluding diaryl/α,β-unsaturated/α-hetero) is 1. The van der Waals surface area contributed by atoms with Crippen LogP contribution in [0.4, 0.5) is 0 Å². The number of nitrogens with zero attached hydrogens (tertiary/aromatic N) is 1. The molecule has 0 radical (unpaired) electrons. The molecule has 0 atom stereocenters. The number of ketones is 1. The van der Waals surface area contributed by atoms with Gasteiger partial charge in [0.15, 0.2) is 0 Å². The molecule has 0 spiro atoms. The summed E-state index contributed by atoms with van der Waals surface area (Å²) in [6.45, 7) is 7.43. The standard InChI is InChI=1S/C23H25NO2/c1-23(2,3)20-11-9-19(10-12-20)21(25)22(26)24-15-13-18(14-16-24)17-7-5-4-6-8-17/h4-13H,14-16H2,1-3H3.